The predicted molar refractivity (Wildman–Crippen MR) is 103 cm³/mol. The number of hydrogen-bond donors (Lipinski definition) is 2. The summed E-state index contributed by atoms with van der Waals surface area (Å²) >= 11 is 1.67. The molecule has 140 valence electrons. The van der Waals surface area contributed by atoms with Crippen LogP contribution in [-0.4, -0.2) is 38.2 Å². The minimum absolute atomic E-state index is 0.396. The minimum Gasteiger partial charge on any atom is -0.496 e. The van der Waals surface area contributed by atoms with Crippen LogP contribution in [0.25, 0.3) is 0 Å². The first-order chi connectivity index (χ1) is 12.5. The van der Waals surface area contributed by atoms with Gasteiger partial charge in [-0.2, -0.15) is 0 Å². The largest absolute Gasteiger partial charge is 0.496 e. The van der Waals surface area contributed by atoms with E-state index in [9.17, 15) is 4.79 Å². The molecule has 0 aliphatic rings. The lowest BCUT2D eigenvalue weighted by Gasteiger charge is -2.13. The number of nitrogens with zero attached hydrogens (tertiary/aromatic N) is 2. The fourth-order valence-corrected chi connectivity index (χ4v) is 3.32. The van der Waals surface area contributed by atoms with E-state index in [2.05, 4.69) is 20.6 Å². The molecule has 1 heterocycles. The summed E-state index contributed by atoms with van der Waals surface area (Å²) in [5.41, 5.74) is 2.35. The Morgan fingerprint density at radius 3 is 2.54 bits per heavy atom. The van der Waals surface area contributed by atoms with Gasteiger partial charge in [-0.15, -0.1) is 11.3 Å². The van der Waals surface area contributed by atoms with Gasteiger partial charge in [-0.3, -0.25) is 4.99 Å². The number of thiazole rings is 1. The maximum absolute atomic E-state index is 11.9. The average Bonchev–Trinajstić information content (AvgIpc) is 2.98. The van der Waals surface area contributed by atoms with Crippen molar-refractivity contribution in [2.75, 3.05) is 21.3 Å². The number of guanidine groups is 1. The Hall–Kier alpha value is -2.61. The molecule has 26 heavy (non-hydrogen) atoms. The summed E-state index contributed by atoms with van der Waals surface area (Å²) in [6, 6.07) is 5.40. The van der Waals surface area contributed by atoms with E-state index < -0.39 is 5.97 Å². The SMILES string of the molecule is CN=C(NCc1ccc(OC)c(C(=O)OC)c1)NCc1sc(C)nc1C. The first-order valence-electron chi connectivity index (χ1n) is 8.11. The van der Waals surface area contributed by atoms with E-state index in [0.29, 0.717) is 30.4 Å². The van der Waals surface area contributed by atoms with Crippen molar-refractivity contribution in [3.63, 3.8) is 0 Å². The molecule has 2 aromatic rings. The minimum atomic E-state index is -0.428. The van der Waals surface area contributed by atoms with Gasteiger partial charge in [0.1, 0.15) is 11.3 Å². The van der Waals surface area contributed by atoms with Gasteiger partial charge in [0.2, 0.25) is 0 Å². The van der Waals surface area contributed by atoms with Crippen LogP contribution in [0.15, 0.2) is 23.2 Å². The Balaban J connectivity index is 1.99. The smallest absolute Gasteiger partial charge is 0.341 e. The zero-order chi connectivity index (χ0) is 19.1. The number of ether oxygens (including phenoxy) is 2. The Bertz CT molecular complexity index is 802. The molecule has 0 aliphatic carbocycles. The molecule has 0 saturated heterocycles. The van der Waals surface area contributed by atoms with Crippen molar-refractivity contribution in [1.82, 2.24) is 15.6 Å². The highest BCUT2D eigenvalue weighted by Crippen LogP contribution is 2.21. The number of esters is 1. The zero-order valence-corrected chi connectivity index (χ0v) is 16.5. The van der Waals surface area contributed by atoms with Crippen LogP contribution in [0.4, 0.5) is 0 Å². The number of aromatic nitrogens is 1. The molecule has 2 N–H and O–H groups in total. The number of hydrogen-bond acceptors (Lipinski definition) is 6. The number of carbonyl (C=O) groups excluding carboxylic acids is 1. The first-order valence-corrected chi connectivity index (χ1v) is 8.92. The molecule has 0 saturated carbocycles. The third-order valence-corrected chi connectivity index (χ3v) is 4.84. The van der Waals surface area contributed by atoms with Gasteiger partial charge in [0.15, 0.2) is 5.96 Å². The molecule has 1 aromatic carbocycles. The number of nitrogens with one attached hydrogen (secondary N) is 2. The highest BCUT2D eigenvalue weighted by molar-refractivity contribution is 7.11. The number of rotatable bonds is 6. The number of carbonyl (C=O) groups is 1. The van der Waals surface area contributed by atoms with E-state index in [1.165, 1.54) is 19.1 Å². The van der Waals surface area contributed by atoms with Crippen molar-refractivity contribution in [3.8, 4) is 5.75 Å². The summed E-state index contributed by atoms with van der Waals surface area (Å²) in [4.78, 5) is 21.7. The van der Waals surface area contributed by atoms with E-state index in [-0.39, 0.29) is 0 Å². The Kier molecular flexibility index (Phi) is 6.97. The molecule has 0 bridgehead atoms. The lowest BCUT2D eigenvalue weighted by atomic mass is 10.1. The normalized spacial score (nSPS) is 11.2. The monoisotopic (exact) mass is 376 g/mol. The highest BCUT2D eigenvalue weighted by atomic mass is 32.1. The Morgan fingerprint density at radius 1 is 1.23 bits per heavy atom. The van der Waals surface area contributed by atoms with E-state index in [1.54, 1.807) is 30.5 Å². The molecule has 0 aliphatic heterocycles. The average molecular weight is 376 g/mol. The van der Waals surface area contributed by atoms with Gasteiger partial charge >= 0.3 is 5.97 Å². The van der Waals surface area contributed by atoms with Gasteiger partial charge < -0.3 is 20.1 Å². The molecular weight excluding hydrogens is 352 g/mol. The highest BCUT2D eigenvalue weighted by Gasteiger charge is 2.13. The molecule has 7 nitrogen and oxygen atoms in total. The van der Waals surface area contributed by atoms with Crippen LogP contribution in [0, 0.1) is 13.8 Å². The molecule has 1 aromatic heterocycles. The topological polar surface area (TPSA) is 84.8 Å². The van der Waals surface area contributed by atoms with Crippen LogP contribution in [0.2, 0.25) is 0 Å². The number of methoxy groups -OCH3 is 2. The molecule has 0 atom stereocenters. The lowest BCUT2D eigenvalue weighted by molar-refractivity contribution is 0.0597. The van der Waals surface area contributed by atoms with Gasteiger partial charge in [0.25, 0.3) is 0 Å². The maximum Gasteiger partial charge on any atom is 0.341 e. The van der Waals surface area contributed by atoms with Crippen molar-refractivity contribution in [2.45, 2.75) is 26.9 Å². The Morgan fingerprint density at radius 2 is 1.96 bits per heavy atom. The molecule has 0 unspecified atom stereocenters. The van der Waals surface area contributed by atoms with Gasteiger partial charge in [-0.25, -0.2) is 9.78 Å². The molecule has 8 heteroatoms. The molecule has 2 rings (SSSR count). The summed E-state index contributed by atoms with van der Waals surface area (Å²) in [6.45, 7) is 5.17. The van der Waals surface area contributed by atoms with Crippen LogP contribution in [0.3, 0.4) is 0 Å². The summed E-state index contributed by atoms with van der Waals surface area (Å²) < 4.78 is 10.0. The van der Waals surface area contributed by atoms with Gasteiger partial charge in [0, 0.05) is 18.5 Å². The fraction of sp³-hybridized carbons (Fsp3) is 0.389. The fourth-order valence-electron chi connectivity index (χ4n) is 2.44. The quantitative estimate of drug-likeness (QED) is 0.458. The predicted octanol–water partition coefficient (Wildman–Crippen LogP) is 2.42. The van der Waals surface area contributed by atoms with E-state index in [4.69, 9.17) is 9.47 Å². The van der Waals surface area contributed by atoms with Crippen LogP contribution in [0.1, 0.15) is 31.5 Å². The van der Waals surface area contributed by atoms with Crippen molar-refractivity contribution in [3.05, 3.63) is 44.9 Å². The summed E-state index contributed by atoms with van der Waals surface area (Å²) in [7, 11) is 4.59. The molecule has 0 radical (unpaired) electrons. The van der Waals surface area contributed by atoms with Crippen LogP contribution < -0.4 is 15.4 Å². The van der Waals surface area contributed by atoms with Crippen molar-refractivity contribution < 1.29 is 14.3 Å². The summed E-state index contributed by atoms with van der Waals surface area (Å²) in [6.07, 6.45) is 0. The number of aryl methyl sites for hydroxylation is 2. The van der Waals surface area contributed by atoms with Gasteiger partial charge in [0.05, 0.1) is 31.5 Å². The van der Waals surface area contributed by atoms with Gasteiger partial charge in [-0.05, 0) is 31.5 Å². The third-order valence-electron chi connectivity index (χ3n) is 3.77. The third kappa shape index (κ3) is 4.95. The molecule has 0 fully saturated rings. The van der Waals surface area contributed by atoms with Crippen molar-refractivity contribution in [2.24, 2.45) is 4.99 Å². The van der Waals surface area contributed by atoms with E-state index >= 15 is 0 Å². The van der Waals surface area contributed by atoms with Crippen molar-refractivity contribution in [1.29, 1.82) is 0 Å². The van der Waals surface area contributed by atoms with Crippen LogP contribution in [0.5, 0.6) is 5.75 Å². The first kappa shape index (κ1) is 19.7. The molecule has 0 spiro atoms. The summed E-state index contributed by atoms with van der Waals surface area (Å²) in [5, 5.41) is 7.56. The summed E-state index contributed by atoms with van der Waals surface area (Å²) in [5.74, 6) is 0.729. The maximum atomic E-state index is 11.9. The second-order valence-electron chi connectivity index (χ2n) is 5.55. The van der Waals surface area contributed by atoms with E-state index in [1.807, 2.05) is 19.9 Å². The number of benzene rings is 1. The lowest BCUT2D eigenvalue weighted by Crippen LogP contribution is -2.36. The second-order valence-corrected chi connectivity index (χ2v) is 6.83. The van der Waals surface area contributed by atoms with E-state index in [0.717, 1.165) is 16.3 Å². The van der Waals surface area contributed by atoms with Crippen LogP contribution >= 0.6 is 11.3 Å². The van der Waals surface area contributed by atoms with Crippen molar-refractivity contribution >= 4 is 23.3 Å². The Labute approximate surface area is 157 Å². The number of aliphatic imine (C=N–C) groups is 1. The standard InChI is InChI=1S/C18H24N4O3S/c1-11-16(26-12(2)22-11)10-21-18(19-3)20-9-13-6-7-15(24-4)14(8-13)17(23)25-5/h6-8H,9-10H2,1-5H3,(H2,19,20,21). The van der Waals surface area contributed by atoms with Gasteiger partial charge in [-0.1, -0.05) is 6.07 Å². The molecular formula is C18H24N4O3S. The van der Waals surface area contributed by atoms with Crippen LogP contribution in [-0.2, 0) is 17.8 Å². The molecule has 0 amide bonds. The second kappa shape index (κ2) is 9.19. The zero-order valence-electron chi connectivity index (χ0n) is 15.7.